The minimum atomic E-state index is -1.09. The van der Waals surface area contributed by atoms with Crippen LogP contribution in [0.25, 0.3) is 0 Å². The van der Waals surface area contributed by atoms with Crippen molar-refractivity contribution in [3.63, 3.8) is 0 Å². The molecule has 2 rings (SSSR count). The molecule has 1 N–H and O–H groups in total. The number of carbonyl (C=O) groups excluding carboxylic acids is 1. The Morgan fingerprint density at radius 3 is 2.41 bits per heavy atom. The van der Waals surface area contributed by atoms with Gasteiger partial charge in [-0.1, -0.05) is 35.9 Å². The first-order valence-electron chi connectivity index (χ1n) is 5.53. The summed E-state index contributed by atoms with van der Waals surface area (Å²) in [6, 6.07) is 9.00. The van der Waals surface area contributed by atoms with Crippen molar-refractivity contribution in [2.75, 3.05) is 0 Å². The third-order valence-electron chi connectivity index (χ3n) is 3.20. The molecule has 1 aliphatic rings. The van der Waals surface area contributed by atoms with Gasteiger partial charge in [0.1, 0.15) is 5.41 Å². The van der Waals surface area contributed by atoms with E-state index >= 15 is 0 Å². The highest BCUT2D eigenvalue weighted by atomic mass is 16.4. The smallest absolute Gasteiger partial charge is 0.314 e. The van der Waals surface area contributed by atoms with Crippen molar-refractivity contribution < 1.29 is 14.7 Å². The van der Waals surface area contributed by atoms with Gasteiger partial charge in [0.05, 0.1) is 0 Å². The maximum Gasteiger partial charge on any atom is 0.314 e. The summed E-state index contributed by atoms with van der Waals surface area (Å²) in [5, 5.41) is 9.50. The van der Waals surface area contributed by atoms with Crippen LogP contribution in [0.1, 0.15) is 25.3 Å². The van der Waals surface area contributed by atoms with E-state index in [1.165, 1.54) is 0 Å². The summed E-state index contributed by atoms with van der Waals surface area (Å²) >= 11 is 0. The van der Waals surface area contributed by atoms with Gasteiger partial charge in [-0.2, -0.15) is 0 Å². The Morgan fingerprint density at radius 1 is 1.24 bits per heavy atom. The number of carboxylic acids is 1. The second kappa shape index (κ2) is 4.17. The number of ketones is 1. The first-order valence-corrected chi connectivity index (χ1v) is 5.53. The Bertz CT molecular complexity index is 487. The van der Waals surface area contributed by atoms with E-state index in [0.717, 1.165) is 5.57 Å². The Labute approximate surface area is 99.8 Å². The topological polar surface area (TPSA) is 54.4 Å². The minimum Gasteiger partial charge on any atom is -0.481 e. The monoisotopic (exact) mass is 230 g/mol. The molecular weight excluding hydrogens is 216 g/mol. The van der Waals surface area contributed by atoms with Gasteiger partial charge in [-0.15, -0.1) is 0 Å². The number of hydrogen-bond acceptors (Lipinski definition) is 2. The van der Waals surface area contributed by atoms with Crippen LogP contribution in [0.2, 0.25) is 0 Å². The van der Waals surface area contributed by atoms with E-state index in [2.05, 4.69) is 0 Å². The molecule has 0 aromatic heterocycles. The van der Waals surface area contributed by atoms with E-state index in [0.29, 0.717) is 12.0 Å². The van der Waals surface area contributed by atoms with Crippen LogP contribution in [-0.4, -0.2) is 16.9 Å². The molecule has 1 aromatic carbocycles. The molecule has 0 amide bonds. The molecular formula is C14H14O3. The lowest BCUT2D eigenvalue weighted by Gasteiger charge is -2.32. The number of carboxylic acid groups (broad SMARTS) is 1. The normalized spacial score (nSPS) is 24.3. The molecule has 1 aromatic rings. The minimum absolute atomic E-state index is 0.0453. The summed E-state index contributed by atoms with van der Waals surface area (Å²) in [6.07, 6.45) is 1.99. The Morgan fingerprint density at radius 2 is 1.88 bits per heavy atom. The maximum absolute atomic E-state index is 11.6. The lowest BCUT2D eigenvalue weighted by Crippen LogP contribution is -2.40. The summed E-state index contributed by atoms with van der Waals surface area (Å²) in [5.74, 6) is -1.04. The zero-order valence-electron chi connectivity index (χ0n) is 9.64. The van der Waals surface area contributed by atoms with Crippen molar-refractivity contribution in [1.29, 1.82) is 0 Å². The molecule has 0 saturated heterocycles. The number of allylic oxidation sites excluding steroid dienone is 2. The molecule has 0 saturated carbocycles. The average molecular weight is 230 g/mol. The molecule has 0 bridgehead atoms. The molecule has 0 heterocycles. The van der Waals surface area contributed by atoms with Gasteiger partial charge >= 0.3 is 5.97 Å². The van der Waals surface area contributed by atoms with Crippen molar-refractivity contribution in [3.05, 3.63) is 47.5 Å². The Hall–Kier alpha value is -1.90. The van der Waals surface area contributed by atoms with Gasteiger partial charge in [0, 0.05) is 6.42 Å². The fraction of sp³-hybridized carbons (Fsp3) is 0.286. The fourth-order valence-electron chi connectivity index (χ4n) is 2.45. The number of rotatable bonds is 2. The second-order valence-electron chi connectivity index (χ2n) is 4.56. The highest BCUT2D eigenvalue weighted by Gasteiger charge is 2.43. The van der Waals surface area contributed by atoms with Crippen molar-refractivity contribution in [3.8, 4) is 0 Å². The molecule has 0 aliphatic heterocycles. The van der Waals surface area contributed by atoms with Crippen molar-refractivity contribution in [2.24, 2.45) is 0 Å². The molecule has 17 heavy (non-hydrogen) atoms. The quantitative estimate of drug-likeness (QED) is 0.848. The summed E-state index contributed by atoms with van der Waals surface area (Å²) < 4.78 is 0. The van der Waals surface area contributed by atoms with Crippen molar-refractivity contribution in [1.82, 2.24) is 0 Å². The summed E-state index contributed by atoms with van der Waals surface area (Å²) in [6.45, 7) is 1.80. The zero-order valence-corrected chi connectivity index (χ0v) is 9.64. The highest BCUT2D eigenvalue weighted by Crippen LogP contribution is 2.38. The van der Waals surface area contributed by atoms with Crippen LogP contribution in [0.5, 0.6) is 0 Å². The third kappa shape index (κ3) is 2.00. The number of hydrogen-bond donors (Lipinski definition) is 1. The molecule has 0 radical (unpaired) electrons. The van der Waals surface area contributed by atoms with Crippen LogP contribution in [0.15, 0.2) is 42.0 Å². The number of benzene rings is 1. The lowest BCUT2D eigenvalue weighted by atomic mass is 9.69. The molecule has 3 nitrogen and oxygen atoms in total. The maximum atomic E-state index is 11.6. The van der Waals surface area contributed by atoms with Gasteiger partial charge in [0.25, 0.3) is 0 Å². The summed E-state index contributed by atoms with van der Waals surface area (Å²) in [7, 11) is 0. The van der Waals surface area contributed by atoms with E-state index in [9.17, 15) is 14.7 Å². The van der Waals surface area contributed by atoms with Gasteiger partial charge in [-0.05, 0) is 25.0 Å². The highest BCUT2D eigenvalue weighted by molar-refractivity contribution is 5.98. The van der Waals surface area contributed by atoms with Gasteiger partial charge < -0.3 is 5.11 Å². The summed E-state index contributed by atoms with van der Waals surface area (Å²) in [5.41, 5.74) is 0.442. The number of aliphatic carboxylic acids is 1. The zero-order chi connectivity index (χ0) is 12.5. The van der Waals surface area contributed by atoms with Crippen LogP contribution in [-0.2, 0) is 15.0 Å². The van der Waals surface area contributed by atoms with Gasteiger partial charge in [0.2, 0.25) is 0 Å². The van der Waals surface area contributed by atoms with Crippen LogP contribution >= 0.6 is 0 Å². The van der Waals surface area contributed by atoms with E-state index < -0.39 is 11.4 Å². The van der Waals surface area contributed by atoms with Crippen LogP contribution < -0.4 is 0 Å². The predicted octanol–water partition coefficient (Wildman–Crippen LogP) is 2.32. The van der Waals surface area contributed by atoms with E-state index in [4.69, 9.17) is 0 Å². The Kier molecular flexibility index (Phi) is 2.84. The van der Waals surface area contributed by atoms with Gasteiger partial charge in [0.15, 0.2) is 5.78 Å². The van der Waals surface area contributed by atoms with E-state index in [-0.39, 0.29) is 12.2 Å². The first-order chi connectivity index (χ1) is 8.04. The molecule has 1 unspecified atom stereocenters. The molecule has 3 heteroatoms. The van der Waals surface area contributed by atoms with Crippen LogP contribution in [0, 0.1) is 0 Å². The molecule has 1 aliphatic carbocycles. The van der Waals surface area contributed by atoms with Gasteiger partial charge in [-0.25, -0.2) is 0 Å². The molecule has 1 atom stereocenters. The SMILES string of the molecule is CC1=CC(=O)CC(C(=O)O)(c2ccccc2)C1. The second-order valence-corrected chi connectivity index (χ2v) is 4.56. The predicted molar refractivity (Wildman–Crippen MR) is 63.8 cm³/mol. The molecule has 0 spiro atoms. The standard InChI is InChI=1S/C14H14O3/c1-10-7-12(15)9-14(8-10,13(16)17)11-5-3-2-4-6-11/h2-7H,8-9H2,1H3,(H,16,17). The van der Waals surface area contributed by atoms with Crippen molar-refractivity contribution >= 4 is 11.8 Å². The molecule has 88 valence electrons. The van der Waals surface area contributed by atoms with Crippen LogP contribution in [0.4, 0.5) is 0 Å². The Balaban J connectivity index is 2.52. The first kappa shape index (κ1) is 11.6. The van der Waals surface area contributed by atoms with Crippen molar-refractivity contribution in [2.45, 2.75) is 25.2 Å². The fourth-order valence-corrected chi connectivity index (χ4v) is 2.45. The van der Waals surface area contributed by atoms with Crippen LogP contribution in [0.3, 0.4) is 0 Å². The number of carbonyl (C=O) groups is 2. The largest absolute Gasteiger partial charge is 0.481 e. The third-order valence-corrected chi connectivity index (χ3v) is 3.20. The average Bonchev–Trinajstić information content (AvgIpc) is 2.28. The van der Waals surface area contributed by atoms with Gasteiger partial charge in [-0.3, -0.25) is 9.59 Å². The lowest BCUT2D eigenvalue weighted by molar-refractivity contribution is -0.146. The molecule has 0 fully saturated rings. The summed E-state index contributed by atoms with van der Waals surface area (Å²) in [4.78, 5) is 23.2. The van der Waals surface area contributed by atoms with E-state index in [1.807, 2.05) is 6.07 Å². The van der Waals surface area contributed by atoms with E-state index in [1.54, 1.807) is 37.3 Å².